The Hall–Kier alpha value is -0.940. The fourth-order valence-corrected chi connectivity index (χ4v) is 2.49. The van der Waals surface area contributed by atoms with Crippen LogP contribution >= 0.6 is 0 Å². The van der Waals surface area contributed by atoms with Gasteiger partial charge in [0.15, 0.2) is 0 Å². The Morgan fingerprint density at radius 3 is 2.89 bits per heavy atom. The van der Waals surface area contributed by atoms with Crippen LogP contribution in [0.2, 0.25) is 0 Å². The molecule has 1 aliphatic rings. The molecule has 1 fully saturated rings. The predicted molar refractivity (Wildman–Crippen MR) is 75.8 cm³/mol. The molecule has 0 aromatic heterocycles. The van der Waals surface area contributed by atoms with Gasteiger partial charge in [-0.05, 0) is 24.9 Å². The Bertz CT molecular complexity index is 358. The highest BCUT2D eigenvalue weighted by Crippen LogP contribution is 2.09. The third-order valence-electron chi connectivity index (χ3n) is 3.43. The maximum atomic E-state index is 9.96. The average Bonchev–Trinajstić information content (AvgIpc) is 2.40. The van der Waals surface area contributed by atoms with Gasteiger partial charge < -0.3 is 15.6 Å². The molecule has 2 unspecified atom stereocenters. The Labute approximate surface area is 115 Å². The minimum absolute atomic E-state index is 0.256. The second-order valence-electron chi connectivity index (χ2n) is 5.32. The topological polar surface area (TPSA) is 58.7 Å². The van der Waals surface area contributed by atoms with E-state index in [9.17, 15) is 5.11 Å². The molecule has 4 nitrogen and oxygen atoms in total. The Balaban J connectivity index is 1.63. The van der Waals surface area contributed by atoms with Crippen molar-refractivity contribution in [3.05, 3.63) is 35.9 Å². The number of hydrogen-bond donors (Lipinski definition) is 2. The Kier molecular flexibility index (Phi) is 5.79. The van der Waals surface area contributed by atoms with Gasteiger partial charge in [-0.1, -0.05) is 30.3 Å². The zero-order valence-electron chi connectivity index (χ0n) is 11.4. The molecule has 0 saturated carbocycles. The van der Waals surface area contributed by atoms with Crippen molar-refractivity contribution < 1.29 is 9.84 Å². The molecule has 19 heavy (non-hydrogen) atoms. The van der Waals surface area contributed by atoms with Gasteiger partial charge in [0.05, 0.1) is 19.3 Å². The summed E-state index contributed by atoms with van der Waals surface area (Å²) < 4.78 is 5.54. The van der Waals surface area contributed by atoms with E-state index in [0.717, 1.165) is 31.5 Å². The first-order valence-corrected chi connectivity index (χ1v) is 7.01. The van der Waals surface area contributed by atoms with Crippen molar-refractivity contribution >= 4 is 0 Å². The van der Waals surface area contributed by atoms with Gasteiger partial charge in [0, 0.05) is 19.1 Å². The van der Waals surface area contributed by atoms with E-state index in [2.05, 4.69) is 4.90 Å². The molecule has 0 bridgehead atoms. The fourth-order valence-electron chi connectivity index (χ4n) is 2.49. The minimum atomic E-state index is -0.436. The first-order chi connectivity index (χ1) is 9.24. The van der Waals surface area contributed by atoms with Gasteiger partial charge in [0.25, 0.3) is 0 Å². The lowest BCUT2D eigenvalue weighted by Gasteiger charge is -2.32. The molecule has 4 heteroatoms. The largest absolute Gasteiger partial charge is 0.389 e. The van der Waals surface area contributed by atoms with Crippen molar-refractivity contribution in [1.29, 1.82) is 0 Å². The van der Waals surface area contributed by atoms with E-state index in [4.69, 9.17) is 10.5 Å². The van der Waals surface area contributed by atoms with Gasteiger partial charge in [-0.15, -0.1) is 0 Å². The van der Waals surface area contributed by atoms with Crippen LogP contribution in [-0.4, -0.2) is 48.4 Å². The lowest BCUT2D eigenvalue weighted by atomic mass is 10.1. The molecular formula is C15H24N2O2. The third-order valence-corrected chi connectivity index (χ3v) is 3.43. The van der Waals surface area contributed by atoms with E-state index in [0.29, 0.717) is 19.8 Å². The van der Waals surface area contributed by atoms with Crippen LogP contribution in [0.1, 0.15) is 18.4 Å². The van der Waals surface area contributed by atoms with Crippen LogP contribution in [0.15, 0.2) is 30.3 Å². The second kappa shape index (κ2) is 7.60. The number of β-amino-alcohol motifs (C(OH)–C–C–N with tert-alkyl or cyclic N) is 1. The number of aliphatic hydroxyl groups excluding tert-OH is 1. The van der Waals surface area contributed by atoms with Crippen LogP contribution in [0.3, 0.4) is 0 Å². The molecule has 1 aromatic carbocycles. The zero-order chi connectivity index (χ0) is 13.5. The SMILES string of the molecule is NC1CCCN(CC(O)COCc2ccccc2)C1. The van der Waals surface area contributed by atoms with Gasteiger partial charge in [-0.3, -0.25) is 4.90 Å². The predicted octanol–water partition coefficient (Wildman–Crippen LogP) is 0.987. The van der Waals surface area contributed by atoms with Gasteiger partial charge in [-0.2, -0.15) is 0 Å². The number of aliphatic hydroxyl groups is 1. The van der Waals surface area contributed by atoms with Gasteiger partial charge >= 0.3 is 0 Å². The molecule has 0 spiro atoms. The summed E-state index contributed by atoms with van der Waals surface area (Å²) in [4.78, 5) is 2.23. The maximum absolute atomic E-state index is 9.96. The second-order valence-corrected chi connectivity index (χ2v) is 5.32. The number of likely N-dealkylation sites (tertiary alicyclic amines) is 1. The summed E-state index contributed by atoms with van der Waals surface area (Å²) in [5.41, 5.74) is 7.06. The van der Waals surface area contributed by atoms with E-state index in [-0.39, 0.29) is 6.04 Å². The minimum Gasteiger partial charge on any atom is -0.389 e. The lowest BCUT2D eigenvalue weighted by molar-refractivity contribution is 0.00593. The van der Waals surface area contributed by atoms with Crippen LogP contribution in [0, 0.1) is 0 Å². The third kappa shape index (κ3) is 5.28. The van der Waals surface area contributed by atoms with Crippen molar-refractivity contribution in [2.45, 2.75) is 31.6 Å². The molecule has 1 saturated heterocycles. The standard InChI is InChI=1S/C15H24N2O2/c16-14-7-4-8-17(9-14)10-15(18)12-19-11-13-5-2-1-3-6-13/h1-3,5-6,14-15,18H,4,7-12,16H2. The van der Waals surface area contributed by atoms with Gasteiger partial charge in [0.1, 0.15) is 0 Å². The molecule has 1 heterocycles. The van der Waals surface area contributed by atoms with Crippen molar-refractivity contribution in [2.24, 2.45) is 5.73 Å². The van der Waals surface area contributed by atoms with Crippen LogP contribution in [-0.2, 0) is 11.3 Å². The zero-order valence-corrected chi connectivity index (χ0v) is 11.4. The van der Waals surface area contributed by atoms with Gasteiger partial charge in [-0.25, -0.2) is 0 Å². The molecule has 0 amide bonds. The van der Waals surface area contributed by atoms with E-state index in [1.807, 2.05) is 30.3 Å². The number of piperidine rings is 1. The number of nitrogens with zero attached hydrogens (tertiary/aromatic N) is 1. The van der Waals surface area contributed by atoms with Crippen molar-refractivity contribution in [3.63, 3.8) is 0 Å². The van der Waals surface area contributed by atoms with E-state index in [1.165, 1.54) is 0 Å². The summed E-state index contributed by atoms with van der Waals surface area (Å²) in [7, 11) is 0. The van der Waals surface area contributed by atoms with E-state index < -0.39 is 6.10 Å². The molecule has 3 N–H and O–H groups in total. The number of hydrogen-bond acceptors (Lipinski definition) is 4. The Morgan fingerprint density at radius 2 is 2.16 bits per heavy atom. The molecule has 0 radical (unpaired) electrons. The van der Waals surface area contributed by atoms with Crippen molar-refractivity contribution in [3.8, 4) is 0 Å². The fraction of sp³-hybridized carbons (Fsp3) is 0.600. The summed E-state index contributed by atoms with van der Waals surface area (Å²) in [5, 5.41) is 9.96. The van der Waals surface area contributed by atoms with Crippen molar-refractivity contribution in [2.75, 3.05) is 26.2 Å². The quantitative estimate of drug-likeness (QED) is 0.804. The first-order valence-electron chi connectivity index (χ1n) is 7.01. The Morgan fingerprint density at radius 1 is 1.37 bits per heavy atom. The highest BCUT2D eigenvalue weighted by atomic mass is 16.5. The van der Waals surface area contributed by atoms with E-state index >= 15 is 0 Å². The summed E-state index contributed by atoms with van der Waals surface area (Å²) in [6, 6.07) is 10.3. The first kappa shape index (κ1) is 14.5. The molecule has 1 aliphatic heterocycles. The normalized spacial score (nSPS) is 22.3. The number of ether oxygens (including phenoxy) is 1. The van der Waals surface area contributed by atoms with Gasteiger partial charge in [0.2, 0.25) is 0 Å². The van der Waals surface area contributed by atoms with E-state index in [1.54, 1.807) is 0 Å². The molecule has 2 atom stereocenters. The monoisotopic (exact) mass is 264 g/mol. The van der Waals surface area contributed by atoms with Crippen LogP contribution < -0.4 is 5.73 Å². The summed E-state index contributed by atoms with van der Waals surface area (Å²) in [5.74, 6) is 0. The molecule has 0 aliphatic carbocycles. The molecule has 2 rings (SSSR count). The number of benzene rings is 1. The smallest absolute Gasteiger partial charge is 0.0900 e. The molecule has 106 valence electrons. The summed E-state index contributed by atoms with van der Waals surface area (Å²) >= 11 is 0. The highest BCUT2D eigenvalue weighted by molar-refractivity contribution is 5.13. The highest BCUT2D eigenvalue weighted by Gasteiger charge is 2.19. The number of nitrogens with two attached hydrogens (primary N) is 1. The maximum Gasteiger partial charge on any atom is 0.0900 e. The lowest BCUT2D eigenvalue weighted by Crippen LogP contribution is -2.46. The summed E-state index contributed by atoms with van der Waals surface area (Å²) in [6.45, 7) is 3.50. The summed E-state index contributed by atoms with van der Waals surface area (Å²) in [6.07, 6.45) is 1.78. The average molecular weight is 264 g/mol. The molecular weight excluding hydrogens is 240 g/mol. The number of rotatable bonds is 6. The van der Waals surface area contributed by atoms with Crippen LogP contribution in [0.4, 0.5) is 0 Å². The molecule has 1 aromatic rings. The van der Waals surface area contributed by atoms with Crippen LogP contribution in [0.5, 0.6) is 0 Å². The van der Waals surface area contributed by atoms with Crippen LogP contribution in [0.25, 0.3) is 0 Å². The van der Waals surface area contributed by atoms with Crippen molar-refractivity contribution in [1.82, 2.24) is 4.90 Å².